The van der Waals surface area contributed by atoms with Crippen LogP contribution in [0.4, 0.5) is 0 Å². The van der Waals surface area contributed by atoms with E-state index in [-0.39, 0.29) is 24.7 Å². The maximum absolute atomic E-state index is 11.6. The number of allylic oxidation sites excluding steroid dienone is 5. The first-order valence-electron chi connectivity index (χ1n) is 7.55. The molecule has 4 unspecified atom stereocenters. The lowest BCUT2D eigenvalue weighted by molar-refractivity contribution is -0.190. The van der Waals surface area contributed by atoms with Gasteiger partial charge in [0.1, 0.15) is 12.2 Å². The molecule has 5 nitrogen and oxygen atoms in total. The molecule has 0 aromatic carbocycles. The molecule has 0 spiro atoms. The number of hydrogen-bond donors (Lipinski definition) is 1. The van der Waals surface area contributed by atoms with Gasteiger partial charge < -0.3 is 19.9 Å². The molecule has 1 heterocycles. The average Bonchev–Trinajstić information content (AvgIpc) is 2.51. The lowest BCUT2D eigenvalue weighted by Gasteiger charge is -2.40. The van der Waals surface area contributed by atoms with Crippen molar-refractivity contribution in [2.75, 3.05) is 20.3 Å². The third-order valence-corrected chi connectivity index (χ3v) is 3.65. The van der Waals surface area contributed by atoms with Gasteiger partial charge in [-0.15, -0.1) is 0 Å². The summed E-state index contributed by atoms with van der Waals surface area (Å²) in [5.41, 5.74) is 6.33. The van der Waals surface area contributed by atoms with Gasteiger partial charge >= 0.3 is 5.97 Å². The van der Waals surface area contributed by atoms with Crippen molar-refractivity contribution in [2.24, 2.45) is 11.7 Å². The second kappa shape index (κ2) is 9.56. The highest BCUT2D eigenvalue weighted by molar-refractivity contribution is 5.71. The SMILES string of the molecule is CC=CC=CC=C(C)C1OCC(C)C(OC)C1OC(=O)CN. The zero-order valence-electron chi connectivity index (χ0n) is 13.8. The van der Waals surface area contributed by atoms with Crippen molar-refractivity contribution in [3.63, 3.8) is 0 Å². The Balaban J connectivity index is 2.94. The van der Waals surface area contributed by atoms with Crippen LogP contribution in [0.2, 0.25) is 0 Å². The Morgan fingerprint density at radius 2 is 2.05 bits per heavy atom. The third-order valence-electron chi connectivity index (χ3n) is 3.65. The zero-order chi connectivity index (χ0) is 16.5. The minimum atomic E-state index is -0.490. The minimum absolute atomic E-state index is 0.142. The van der Waals surface area contributed by atoms with Crippen LogP contribution in [0.1, 0.15) is 20.8 Å². The van der Waals surface area contributed by atoms with E-state index < -0.39 is 12.1 Å². The molecular formula is C17H27NO4. The number of hydrogen-bond acceptors (Lipinski definition) is 5. The normalized spacial score (nSPS) is 30.1. The fourth-order valence-electron chi connectivity index (χ4n) is 2.50. The van der Waals surface area contributed by atoms with E-state index in [1.807, 2.05) is 51.2 Å². The van der Waals surface area contributed by atoms with Gasteiger partial charge in [0, 0.05) is 13.0 Å². The van der Waals surface area contributed by atoms with E-state index in [4.69, 9.17) is 19.9 Å². The van der Waals surface area contributed by atoms with Gasteiger partial charge in [-0.05, 0) is 19.4 Å². The molecule has 1 saturated heterocycles. The van der Waals surface area contributed by atoms with Crippen molar-refractivity contribution in [3.05, 3.63) is 36.0 Å². The van der Waals surface area contributed by atoms with E-state index in [1.165, 1.54) is 0 Å². The zero-order valence-corrected chi connectivity index (χ0v) is 13.8. The van der Waals surface area contributed by atoms with Gasteiger partial charge in [0.05, 0.1) is 13.2 Å². The number of ether oxygens (including phenoxy) is 3. The van der Waals surface area contributed by atoms with Crippen molar-refractivity contribution in [2.45, 2.75) is 39.1 Å². The number of nitrogens with two attached hydrogens (primary N) is 1. The van der Waals surface area contributed by atoms with Crippen molar-refractivity contribution in [3.8, 4) is 0 Å². The highest BCUT2D eigenvalue weighted by Gasteiger charge is 2.41. The first-order chi connectivity index (χ1) is 10.5. The second-order valence-corrected chi connectivity index (χ2v) is 5.41. The summed E-state index contributed by atoms with van der Waals surface area (Å²) in [7, 11) is 1.62. The number of rotatable bonds is 6. The van der Waals surface area contributed by atoms with Crippen LogP contribution in [0, 0.1) is 5.92 Å². The molecule has 0 aliphatic carbocycles. The largest absolute Gasteiger partial charge is 0.455 e. The molecule has 2 N–H and O–H groups in total. The summed E-state index contributed by atoms with van der Waals surface area (Å²) in [5.74, 6) is -0.310. The lowest BCUT2D eigenvalue weighted by Crippen LogP contribution is -2.53. The second-order valence-electron chi connectivity index (χ2n) is 5.41. The predicted octanol–water partition coefficient (Wildman–Crippen LogP) is 1.99. The average molecular weight is 309 g/mol. The van der Waals surface area contributed by atoms with E-state index in [1.54, 1.807) is 7.11 Å². The molecular weight excluding hydrogens is 282 g/mol. The molecule has 1 fully saturated rings. The first-order valence-corrected chi connectivity index (χ1v) is 7.55. The van der Waals surface area contributed by atoms with Crippen LogP contribution in [0.15, 0.2) is 36.0 Å². The summed E-state index contributed by atoms with van der Waals surface area (Å²) in [6.45, 7) is 6.33. The van der Waals surface area contributed by atoms with E-state index in [2.05, 4.69) is 0 Å². The number of esters is 1. The molecule has 1 aliphatic rings. The highest BCUT2D eigenvalue weighted by atomic mass is 16.6. The van der Waals surface area contributed by atoms with Crippen LogP contribution >= 0.6 is 0 Å². The maximum atomic E-state index is 11.6. The summed E-state index contributed by atoms with van der Waals surface area (Å²) in [6, 6.07) is 0. The fourth-order valence-corrected chi connectivity index (χ4v) is 2.50. The molecule has 1 aliphatic heterocycles. The van der Waals surface area contributed by atoms with Gasteiger partial charge in [0.2, 0.25) is 0 Å². The third kappa shape index (κ3) is 5.09. The van der Waals surface area contributed by atoms with Crippen LogP contribution in [-0.2, 0) is 19.0 Å². The topological polar surface area (TPSA) is 70.8 Å². The van der Waals surface area contributed by atoms with E-state index in [0.717, 1.165) is 5.57 Å². The van der Waals surface area contributed by atoms with Crippen LogP contribution in [-0.4, -0.2) is 44.5 Å². The number of carbonyl (C=O) groups excluding carboxylic acids is 1. The highest BCUT2D eigenvalue weighted by Crippen LogP contribution is 2.29. The van der Waals surface area contributed by atoms with Crippen molar-refractivity contribution >= 4 is 5.97 Å². The Hall–Kier alpha value is -1.43. The van der Waals surface area contributed by atoms with E-state index in [0.29, 0.717) is 6.61 Å². The summed E-state index contributed by atoms with van der Waals surface area (Å²) in [4.78, 5) is 11.6. The molecule has 22 heavy (non-hydrogen) atoms. The van der Waals surface area contributed by atoms with Gasteiger partial charge in [0.15, 0.2) is 6.10 Å². The summed E-state index contributed by atoms with van der Waals surface area (Å²) >= 11 is 0. The molecule has 0 radical (unpaired) electrons. The minimum Gasteiger partial charge on any atom is -0.455 e. The van der Waals surface area contributed by atoms with Crippen molar-refractivity contribution in [1.29, 1.82) is 0 Å². The Labute approximate surface area is 132 Å². The maximum Gasteiger partial charge on any atom is 0.320 e. The smallest absolute Gasteiger partial charge is 0.320 e. The Morgan fingerprint density at radius 3 is 2.64 bits per heavy atom. The van der Waals surface area contributed by atoms with Gasteiger partial charge in [0.25, 0.3) is 0 Å². The first kappa shape index (κ1) is 18.6. The quantitative estimate of drug-likeness (QED) is 0.600. The van der Waals surface area contributed by atoms with Gasteiger partial charge in [-0.25, -0.2) is 0 Å². The summed E-state index contributed by atoms with van der Waals surface area (Å²) in [6.07, 6.45) is 8.68. The monoisotopic (exact) mass is 309 g/mol. The number of carbonyl (C=O) groups is 1. The Bertz CT molecular complexity index is 442. The van der Waals surface area contributed by atoms with E-state index in [9.17, 15) is 4.79 Å². The van der Waals surface area contributed by atoms with Crippen LogP contribution in [0.5, 0.6) is 0 Å². The predicted molar refractivity (Wildman–Crippen MR) is 86.3 cm³/mol. The van der Waals surface area contributed by atoms with Crippen LogP contribution in [0.25, 0.3) is 0 Å². The standard InChI is InChI=1S/C17H27NO4/c1-5-6-7-8-9-12(2)16-17(22-14(19)10-18)15(20-4)13(3)11-21-16/h5-9,13,15-17H,10-11,18H2,1-4H3. The van der Waals surface area contributed by atoms with Crippen molar-refractivity contribution in [1.82, 2.24) is 0 Å². The summed E-state index contributed by atoms with van der Waals surface area (Å²) < 4.78 is 16.9. The molecule has 5 heteroatoms. The fraction of sp³-hybridized carbons (Fsp3) is 0.588. The van der Waals surface area contributed by atoms with Crippen LogP contribution in [0.3, 0.4) is 0 Å². The molecule has 0 amide bonds. The molecule has 0 aromatic rings. The Morgan fingerprint density at radius 1 is 1.32 bits per heavy atom. The molecule has 0 bridgehead atoms. The summed E-state index contributed by atoms with van der Waals surface area (Å²) in [5, 5.41) is 0. The molecule has 1 rings (SSSR count). The molecule has 0 saturated carbocycles. The van der Waals surface area contributed by atoms with Gasteiger partial charge in [-0.1, -0.05) is 37.3 Å². The molecule has 124 valence electrons. The van der Waals surface area contributed by atoms with Gasteiger partial charge in [-0.3, -0.25) is 4.79 Å². The number of methoxy groups -OCH3 is 1. The molecule has 4 atom stereocenters. The van der Waals surface area contributed by atoms with E-state index >= 15 is 0 Å². The lowest BCUT2D eigenvalue weighted by atomic mass is 9.90. The van der Waals surface area contributed by atoms with Crippen molar-refractivity contribution < 1.29 is 19.0 Å². The Kier molecular flexibility index (Phi) is 8.09. The van der Waals surface area contributed by atoms with Gasteiger partial charge in [-0.2, -0.15) is 0 Å². The van der Waals surface area contributed by atoms with Crippen LogP contribution < -0.4 is 5.73 Å². The molecule has 0 aromatic heterocycles.